The minimum atomic E-state index is -4.70. The van der Waals surface area contributed by atoms with Gasteiger partial charge in [-0.3, -0.25) is 0 Å². The maximum absolute atomic E-state index is 14.1. The predicted octanol–water partition coefficient (Wildman–Crippen LogP) is 7.42. The Balaban J connectivity index is 1.81. The Morgan fingerprint density at radius 1 is 1.21 bits per heavy atom. The van der Waals surface area contributed by atoms with E-state index in [1.807, 2.05) is 0 Å². The van der Waals surface area contributed by atoms with Crippen LogP contribution in [0.15, 0.2) is 41.4 Å². The Labute approximate surface area is 229 Å². The molecule has 1 saturated heterocycles. The number of carbonyl (C=O) groups is 1. The van der Waals surface area contributed by atoms with E-state index in [-0.39, 0.29) is 39.2 Å². The number of nitrogens with zero attached hydrogens (tertiary/aromatic N) is 3. The van der Waals surface area contributed by atoms with Gasteiger partial charge in [0.25, 0.3) is 0 Å². The van der Waals surface area contributed by atoms with Crippen LogP contribution in [0, 0.1) is 11.5 Å². The van der Waals surface area contributed by atoms with Crippen LogP contribution in [0.4, 0.5) is 23.7 Å². The topological polar surface area (TPSA) is 87.0 Å². The van der Waals surface area contributed by atoms with E-state index in [4.69, 9.17) is 26.3 Å². The molecule has 0 saturated carbocycles. The van der Waals surface area contributed by atoms with Crippen molar-refractivity contribution < 1.29 is 27.4 Å². The Bertz CT molecular complexity index is 1230. The molecular formula is C26H28ClF3N4O3S. The fraction of sp³-hybridized carbons (Fsp3) is 0.423. The van der Waals surface area contributed by atoms with Crippen molar-refractivity contribution >= 4 is 40.3 Å². The van der Waals surface area contributed by atoms with E-state index >= 15 is 0 Å². The van der Waals surface area contributed by atoms with Crippen molar-refractivity contribution in [3.05, 3.63) is 47.0 Å². The molecule has 3 rings (SSSR count). The lowest BCUT2D eigenvalue weighted by molar-refractivity contribution is -0.137. The molecule has 38 heavy (non-hydrogen) atoms. The minimum absolute atomic E-state index is 0.0542. The lowest BCUT2D eigenvalue weighted by Gasteiger charge is -2.33. The van der Waals surface area contributed by atoms with Gasteiger partial charge in [-0.25, -0.2) is 4.79 Å². The fourth-order valence-corrected chi connectivity index (χ4v) is 4.57. The van der Waals surface area contributed by atoms with Gasteiger partial charge in [-0.05, 0) is 56.9 Å². The quantitative estimate of drug-likeness (QED) is 0.235. The number of hydrogen-bond acceptors (Lipinski definition) is 6. The van der Waals surface area contributed by atoms with E-state index in [0.29, 0.717) is 31.7 Å². The van der Waals surface area contributed by atoms with Crippen LogP contribution in [0.25, 0.3) is 11.1 Å². The van der Waals surface area contributed by atoms with Gasteiger partial charge in [-0.2, -0.15) is 18.4 Å². The first-order valence-electron chi connectivity index (χ1n) is 11.7. The average molecular weight is 569 g/mol. The largest absolute Gasteiger partial charge is 0.490 e. The monoisotopic (exact) mass is 568 g/mol. The number of hydrogen-bond donors (Lipinski definition) is 1. The van der Waals surface area contributed by atoms with Crippen molar-refractivity contribution in [1.29, 1.82) is 5.26 Å². The molecule has 1 amide bonds. The van der Waals surface area contributed by atoms with Crippen molar-refractivity contribution in [2.24, 2.45) is 4.99 Å². The third-order valence-electron chi connectivity index (χ3n) is 5.51. The number of anilines is 1. The molecule has 0 unspecified atom stereocenters. The molecule has 0 radical (unpaired) electrons. The van der Waals surface area contributed by atoms with E-state index in [0.717, 1.165) is 17.8 Å². The molecule has 7 nitrogen and oxygen atoms in total. The van der Waals surface area contributed by atoms with Crippen LogP contribution < -0.4 is 10.1 Å². The van der Waals surface area contributed by atoms with Crippen molar-refractivity contribution in [3.8, 4) is 23.1 Å². The number of rotatable bonds is 4. The van der Waals surface area contributed by atoms with Gasteiger partial charge in [-0.15, -0.1) is 4.99 Å². The number of amidine groups is 1. The summed E-state index contributed by atoms with van der Waals surface area (Å²) in [5.74, 6) is 0.399. The van der Waals surface area contributed by atoms with Gasteiger partial charge in [-0.1, -0.05) is 35.5 Å². The van der Waals surface area contributed by atoms with Crippen LogP contribution in [0.5, 0.6) is 5.75 Å². The second-order valence-electron chi connectivity index (χ2n) is 9.54. The van der Waals surface area contributed by atoms with E-state index in [1.54, 1.807) is 50.3 Å². The summed E-state index contributed by atoms with van der Waals surface area (Å²) in [6, 6.07) is 8.62. The number of ether oxygens (including phenoxy) is 2. The van der Waals surface area contributed by atoms with Crippen LogP contribution in [-0.4, -0.2) is 47.2 Å². The standard InChI is InChI=1S/C26H28ClF3N4O3S/c1-25(2,3)37-24(35)34-10-8-18(9-11-34)36-19-7-5-6-16(12-19)22-20(26(28,29)30)13-17(14-21(22)27)33-23(38-4)32-15-31/h5-7,12-14,18H,8-11H2,1-4H3,(H,32,33). The number of thioether (sulfide) groups is 1. The van der Waals surface area contributed by atoms with Crippen molar-refractivity contribution in [3.63, 3.8) is 0 Å². The third kappa shape index (κ3) is 7.95. The van der Waals surface area contributed by atoms with E-state index in [1.165, 1.54) is 18.2 Å². The van der Waals surface area contributed by atoms with E-state index in [2.05, 4.69) is 10.3 Å². The van der Waals surface area contributed by atoms with Crippen molar-refractivity contribution in [2.75, 3.05) is 24.7 Å². The van der Waals surface area contributed by atoms with Crippen LogP contribution in [0.1, 0.15) is 39.2 Å². The highest BCUT2D eigenvalue weighted by molar-refractivity contribution is 8.13. The van der Waals surface area contributed by atoms with E-state index < -0.39 is 17.3 Å². The first-order valence-corrected chi connectivity index (χ1v) is 13.3. The Kier molecular flexibility index (Phi) is 9.44. The molecule has 0 bridgehead atoms. The Hall–Kier alpha value is -3.10. The highest BCUT2D eigenvalue weighted by atomic mass is 35.5. The van der Waals surface area contributed by atoms with Crippen molar-refractivity contribution in [1.82, 2.24) is 4.90 Å². The number of likely N-dealkylation sites (tertiary alicyclic amines) is 1. The summed E-state index contributed by atoms with van der Waals surface area (Å²) in [4.78, 5) is 17.5. The highest BCUT2D eigenvalue weighted by Gasteiger charge is 2.36. The zero-order valence-electron chi connectivity index (χ0n) is 21.4. The minimum Gasteiger partial charge on any atom is -0.490 e. The molecule has 1 N–H and O–H groups in total. The predicted molar refractivity (Wildman–Crippen MR) is 144 cm³/mol. The van der Waals surface area contributed by atoms with Crippen LogP contribution >= 0.6 is 23.4 Å². The van der Waals surface area contributed by atoms with Crippen LogP contribution in [0.3, 0.4) is 0 Å². The third-order valence-corrected chi connectivity index (χ3v) is 6.39. The highest BCUT2D eigenvalue weighted by Crippen LogP contribution is 2.43. The molecule has 1 aliphatic heterocycles. The number of alkyl halides is 3. The maximum atomic E-state index is 14.1. The van der Waals surface area contributed by atoms with Gasteiger partial charge in [0.1, 0.15) is 17.5 Å². The molecular weight excluding hydrogens is 541 g/mol. The SMILES string of the molecule is CS/C(=N\C#N)Nc1cc(Cl)c(-c2cccc(OC3CCN(C(=O)OC(C)(C)C)CC3)c2)c(C(F)(F)F)c1. The summed E-state index contributed by atoms with van der Waals surface area (Å²) in [5, 5.41) is 11.5. The fourth-order valence-electron chi connectivity index (χ4n) is 3.89. The molecule has 1 heterocycles. The number of nitriles is 1. The van der Waals surface area contributed by atoms with Gasteiger partial charge in [0, 0.05) is 37.2 Å². The van der Waals surface area contributed by atoms with Gasteiger partial charge in [0.15, 0.2) is 5.17 Å². The normalized spacial score (nSPS) is 15.1. The molecule has 12 heteroatoms. The van der Waals surface area contributed by atoms with Crippen LogP contribution in [0.2, 0.25) is 5.02 Å². The number of piperidine rings is 1. The maximum Gasteiger partial charge on any atom is 0.417 e. The molecule has 0 aromatic heterocycles. The second-order valence-corrected chi connectivity index (χ2v) is 10.7. The summed E-state index contributed by atoms with van der Waals surface area (Å²) in [6.07, 6.45) is -0.942. The first kappa shape index (κ1) is 29.5. The number of aliphatic imine (C=N–C) groups is 1. The average Bonchev–Trinajstić information content (AvgIpc) is 2.82. The molecule has 0 aliphatic carbocycles. The zero-order valence-corrected chi connectivity index (χ0v) is 22.9. The Morgan fingerprint density at radius 3 is 2.47 bits per heavy atom. The molecule has 2 aromatic rings. The lowest BCUT2D eigenvalue weighted by atomic mass is 9.98. The summed E-state index contributed by atoms with van der Waals surface area (Å²) in [6.45, 7) is 6.31. The molecule has 1 aliphatic rings. The van der Waals surface area contributed by atoms with Gasteiger partial charge >= 0.3 is 12.3 Å². The summed E-state index contributed by atoms with van der Waals surface area (Å²) in [7, 11) is 0. The summed E-state index contributed by atoms with van der Waals surface area (Å²) in [5.41, 5.74) is -1.41. The Morgan fingerprint density at radius 2 is 1.89 bits per heavy atom. The zero-order chi connectivity index (χ0) is 28.1. The number of carbonyl (C=O) groups excluding carboxylic acids is 1. The number of amides is 1. The second kappa shape index (κ2) is 12.2. The smallest absolute Gasteiger partial charge is 0.417 e. The summed E-state index contributed by atoms with van der Waals surface area (Å²) >= 11 is 7.45. The van der Waals surface area contributed by atoms with Crippen molar-refractivity contribution in [2.45, 2.75) is 51.5 Å². The number of halogens is 4. The molecule has 204 valence electrons. The number of benzene rings is 2. The van der Waals surface area contributed by atoms with Gasteiger partial charge in [0.05, 0.1) is 10.6 Å². The van der Waals surface area contributed by atoms with Crippen LogP contribution in [-0.2, 0) is 10.9 Å². The number of nitrogens with one attached hydrogen (secondary N) is 1. The molecule has 1 fully saturated rings. The van der Waals surface area contributed by atoms with Gasteiger partial charge in [0.2, 0.25) is 6.19 Å². The molecule has 2 aromatic carbocycles. The molecule has 0 atom stereocenters. The molecule has 0 spiro atoms. The summed E-state index contributed by atoms with van der Waals surface area (Å²) < 4.78 is 53.7. The van der Waals surface area contributed by atoms with Gasteiger partial charge < -0.3 is 19.7 Å². The lowest BCUT2D eigenvalue weighted by Crippen LogP contribution is -2.44. The van der Waals surface area contributed by atoms with E-state index in [9.17, 15) is 18.0 Å². The first-order chi connectivity index (χ1) is 17.8.